The van der Waals surface area contributed by atoms with Crippen LogP contribution in [0.1, 0.15) is 10.4 Å². The van der Waals surface area contributed by atoms with Gasteiger partial charge in [0.15, 0.2) is 11.5 Å². The number of hydrogen-bond donors (Lipinski definition) is 1. The zero-order chi connectivity index (χ0) is 21.1. The Labute approximate surface area is 170 Å². The third-order valence-electron chi connectivity index (χ3n) is 4.51. The van der Waals surface area contributed by atoms with Crippen molar-refractivity contribution < 1.29 is 23.0 Å². The summed E-state index contributed by atoms with van der Waals surface area (Å²) in [5.41, 5.74) is 3.14. The molecule has 0 unspecified atom stereocenters. The van der Waals surface area contributed by atoms with Crippen molar-refractivity contribution in [2.75, 3.05) is 12.4 Å². The maximum atomic E-state index is 12.8. The average molecular weight is 409 g/mol. The Morgan fingerprint density at radius 2 is 1.80 bits per heavy atom. The number of aromatic nitrogens is 2. The van der Waals surface area contributed by atoms with E-state index < -0.39 is 12.5 Å². The van der Waals surface area contributed by atoms with Gasteiger partial charge >= 0.3 is 6.61 Å². The van der Waals surface area contributed by atoms with Gasteiger partial charge in [-0.15, -0.1) is 0 Å². The lowest BCUT2D eigenvalue weighted by Gasteiger charge is -2.14. The number of benzene rings is 3. The van der Waals surface area contributed by atoms with E-state index in [-0.39, 0.29) is 17.1 Å². The number of imidazole rings is 1. The Morgan fingerprint density at radius 1 is 1.03 bits per heavy atom. The Bertz CT molecular complexity index is 1190. The van der Waals surface area contributed by atoms with Crippen LogP contribution in [0.5, 0.6) is 11.5 Å². The Kier molecular flexibility index (Phi) is 5.30. The highest BCUT2D eigenvalue weighted by Crippen LogP contribution is 2.33. The van der Waals surface area contributed by atoms with Crippen LogP contribution >= 0.6 is 0 Å². The molecule has 6 nitrogen and oxygen atoms in total. The van der Waals surface area contributed by atoms with E-state index in [0.29, 0.717) is 5.69 Å². The molecule has 0 bridgehead atoms. The molecular formula is C22H17F2N3O3. The number of methoxy groups -OCH3 is 1. The number of fused-ring (bicyclic) bond motifs is 1. The lowest BCUT2D eigenvalue weighted by molar-refractivity contribution is -0.0515. The van der Waals surface area contributed by atoms with Gasteiger partial charge in [-0.05, 0) is 48.5 Å². The molecule has 0 aliphatic heterocycles. The highest BCUT2D eigenvalue weighted by atomic mass is 19.3. The predicted octanol–water partition coefficient (Wildman–Crippen LogP) is 4.89. The van der Waals surface area contributed by atoms with Crippen LogP contribution in [0.3, 0.4) is 0 Å². The maximum Gasteiger partial charge on any atom is 0.387 e. The van der Waals surface area contributed by atoms with Gasteiger partial charge in [0.05, 0.1) is 23.7 Å². The zero-order valence-corrected chi connectivity index (χ0v) is 15.9. The standard InChI is InChI=1S/C22H17F2N3O3/c1-29-19-8-4-5-16(20(19)30-22(23)24)21(28)26-14-9-11-15(12-10-14)27-13-25-17-6-2-3-7-18(17)27/h2-13,22H,1H3,(H,26,28). The van der Waals surface area contributed by atoms with Crippen molar-refractivity contribution in [3.05, 3.63) is 78.6 Å². The first kappa shape index (κ1) is 19.4. The third kappa shape index (κ3) is 3.80. The third-order valence-corrected chi connectivity index (χ3v) is 4.51. The van der Waals surface area contributed by atoms with Crippen LogP contribution in [-0.4, -0.2) is 29.2 Å². The van der Waals surface area contributed by atoms with Crippen molar-refractivity contribution in [2.45, 2.75) is 6.61 Å². The summed E-state index contributed by atoms with van der Waals surface area (Å²) in [6.07, 6.45) is 1.72. The fourth-order valence-corrected chi connectivity index (χ4v) is 3.13. The normalized spacial score (nSPS) is 10.9. The number of hydrogen-bond acceptors (Lipinski definition) is 4. The van der Waals surface area contributed by atoms with E-state index in [1.165, 1.54) is 25.3 Å². The van der Waals surface area contributed by atoms with E-state index >= 15 is 0 Å². The van der Waals surface area contributed by atoms with Crippen molar-refractivity contribution in [1.82, 2.24) is 9.55 Å². The van der Waals surface area contributed by atoms with Gasteiger partial charge in [-0.2, -0.15) is 8.78 Å². The molecule has 30 heavy (non-hydrogen) atoms. The van der Waals surface area contributed by atoms with Gasteiger partial charge in [-0.1, -0.05) is 18.2 Å². The van der Waals surface area contributed by atoms with Crippen LogP contribution in [0.4, 0.5) is 14.5 Å². The summed E-state index contributed by atoms with van der Waals surface area (Å²) in [5, 5.41) is 2.69. The van der Waals surface area contributed by atoms with Crippen LogP contribution in [0, 0.1) is 0 Å². The molecule has 0 saturated heterocycles. The first-order valence-electron chi connectivity index (χ1n) is 9.02. The first-order valence-corrected chi connectivity index (χ1v) is 9.02. The molecule has 4 aromatic rings. The van der Waals surface area contributed by atoms with Crippen LogP contribution in [0.25, 0.3) is 16.7 Å². The van der Waals surface area contributed by atoms with E-state index in [1.807, 2.05) is 41.0 Å². The quantitative estimate of drug-likeness (QED) is 0.493. The Hall–Kier alpha value is -3.94. The summed E-state index contributed by atoms with van der Waals surface area (Å²) in [6, 6.07) is 19.2. The summed E-state index contributed by atoms with van der Waals surface area (Å²) in [7, 11) is 1.31. The smallest absolute Gasteiger partial charge is 0.387 e. The van der Waals surface area contributed by atoms with E-state index in [4.69, 9.17) is 4.74 Å². The molecule has 3 aromatic carbocycles. The molecule has 0 fully saturated rings. The lowest BCUT2D eigenvalue weighted by atomic mass is 10.1. The molecule has 0 saturated carbocycles. The number of anilines is 1. The van der Waals surface area contributed by atoms with Gasteiger partial charge in [-0.3, -0.25) is 9.36 Å². The van der Waals surface area contributed by atoms with E-state index in [9.17, 15) is 13.6 Å². The summed E-state index contributed by atoms with van der Waals surface area (Å²) in [6.45, 7) is -3.09. The molecule has 0 radical (unpaired) electrons. The van der Waals surface area contributed by atoms with E-state index in [1.54, 1.807) is 18.5 Å². The number of ether oxygens (including phenoxy) is 2. The number of halogens is 2. The minimum absolute atomic E-state index is 0.0466. The number of rotatable bonds is 6. The zero-order valence-electron chi connectivity index (χ0n) is 15.9. The number of nitrogens with zero attached hydrogens (tertiary/aromatic N) is 2. The van der Waals surface area contributed by atoms with Gasteiger partial charge in [0.1, 0.15) is 6.33 Å². The molecule has 0 aliphatic carbocycles. The minimum atomic E-state index is -3.09. The van der Waals surface area contributed by atoms with Crippen molar-refractivity contribution in [1.29, 1.82) is 0 Å². The molecule has 0 aliphatic rings. The predicted molar refractivity (Wildman–Crippen MR) is 109 cm³/mol. The molecule has 1 amide bonds. The molecule has 1 N–H and O–H groups in total. The second-order valence-electron chi connectivity index (χ2n) is 6.32. The highest BCUT2D eigenvalue weighted by molar-refractivity contribution is 6.06. The number of alkyl halides is 2. The number of para-hydroxylation sites is 3. The number of carbonyl (C=O) groups excluding carboxylic acids is 1. The molecule has 0 atom stereocenters. The molecule has 4 rings (SSSR count). The van der Waals surface area contributed by atoms with Gasteiger partial charge in [0, 0.05) is 11.4 Å². The second-order valence-corrected chi connectivity index (χ2v) is 6.32. The number of carbonyl (C=O) groups is 1. The average Bonchev–Trinajstić information content (AvgIpc) is 3.18. The van der Waals surface area contributed by atoms with Crippen LogP contribution in [-0.2, 0) is 0 Å². The maximum absolute atomic E-state index is 12.8. The molecule has 1 heterocycles. The first-order chi connectivity index (χ1) is 14.6. The molecule has 1 aromatic heterocycles. The van der Waals surface area contributed by atoms with Gasteiger partial charge in [0.25, 0.3) is 5.91 Å². The summed E-state index contributed by atoms with van der Waals surface area (Å²) in [4.78, 5) is 17.0. The van der Waals surface area contributed by atoms with Gasteiger partial charge in [0.2, 0.25) is 0 Å². The SMILES string of the molecule is COc1cccc(C(=O)Nc2ccc(-n3cnc4ccccc43)cc2)c1OC(F)F. The van der Waals surface area contributed by atoms with Gasteiger partial charge < -0.3 is 14.8 Å². The molecule has 0 spiro atoms. The Balaban J connectivity index is 1.58. The molecule has 8 heteroatoms. The lowest BCUT2D eigenvalue weighted by Crippen LogP contribution is -2.15. The monoisotopic (exact) mass is 409 g/mol. The summed E-state index contributed by atoms with van der Waals surface area (Å²) >= 11 is 0. The van der Waals surface area contributed by atoms with E-state index in [0.717, 1.165) is 16.7 Å². The van der Waals surface area contributed by atoms with Crippen molar-refractivity contribution in [3.8, 4) is 17.2 Å². The van der Waals surface area contributed by atoms with Crippen LogP contribution in [0.2, 0.25) is 0 Å². The second kappa shape index (κ2) is 8.20. The highest BCUT2D eigenvalue weighted by Gasteiger charge is 2.20. The van der Waals surface area contributed by atoms with Crippen LogP contribution in [0.15, 0.2) is 73.1 Å². The largest absolute Gasteiger partial charge is 0.493 e. The summed E-state index contributed by atoms with van der Waals surface area (Å²) in [5.74, 6) is -0.857. The number of nitrogens with one attached hydrogen (secondary N) is 1. The fraction of sp³-hybridized carbons (Fsp3) is 0.0909. The van der Waals surface area contributed by atoms with Crippen molar-refractivity contribution in [3.63, 3.8) is 0 Å². The van der Waals surface area contributed by atoms with Crippen molar-refractivity contribution in [2.24, 2.45) is 0 Å². The minimum Gasteiger partial charge on any atom is -0.493 e. The fourth-order valence-electron chi connectivity index (χ4n) is 3.13. The van der Waals surface area contributed by atoms with Crippen molar-refractivity contribution >= 4 is 22.6 Å². The van der Waals surface area contributed by atoms with Crippen LogP contribution < -0.4 is 14.8 Å². The topological polar surface area (TPSA) is 65.4 Å². The Morgan fingerprint density at radius 3 is 2.53 bits per heavy atom. The molecule has 152 valence electrons. The molecular weight excluding hydrogens is 392 g/mol. The number of amides is 1. The van der Waals surface area contributed by atoms with Gasteiger partial charge in [-0.25, -0.2) is 4.98 Å². The summed E-state index contributed by atoms with van der Waals surface area (Å²) < 4.78 is 37.0. The van der Waals surface area contributed by atoms with E-state index in [2.05, 4.69) is 15.0 Å².